The van der Waals surface area contributed by atoms with Crippen LogP contribution in [0.25, 0.3) is 5.69 Å². The Morgan fingerprint density at radius 1 is 1.17 bits per heavy atom. The summed E-state index contributed by atoms with van der Waals surface area (Å²) in [6.45, 7) is 10.0. The highest BCUT2D eigenvalue weighted by Crippen LogP contribution is 2.38. The van der Waals surface area contributed by atoms with Crippen molar-refractivity contribution in [3.63, 3.8) is 0 Å². The highest BCUT2D eigenvalue weighted by atomic mass is 32.2. The molecule has 1 N–H and O–H groups in total. The quantitative estimate of drug-likeness (QED) is 0.531. The molecule has 2 heterocycles. The van der Waals surface area contributed by atoms with Crippen LogP contribution in [0.1, 0.15) is 36.4 Å². The van der Waals surface area contributed by atoms with Gasteiger partial charge in [-0.15, -0.1) is 23.1 Å². The van der Waals surface area contributed by atoms with Gasteiger partial charge in [-0.2, -0.15) is 4.98 Å². The number of rotatable bonds is 7. The summed E-state index contributed by atoms with van der Waals surface area (Å²) < 4.78 is 30.7. The molecule has 0 unspecified atom stereocenters. The zero-order chi connectivity index (χ0) is 21.3. The topological polar surface area (TPSA) is 81.1 Å². The second-order valence-corrected chi connectivity index (χ2v) is 11.7. The summed E-state index contributed by atoms with van der Waals surface area (Å²) in [6.07, 6.45) is 1.03. The van der Waals surface area contributed by atoms with Crippen LogP contribution in [0.2, 0.25) is 0 Å². The first-order chi connectivity index (χ1) is 13.6. The van der Waals surface area contributed by atoms with Crippen LogP contribution < -0.4 is 10.4 Å². The second kappa shape index (κ2) is 8.49. The van der Waals surface area contributed by atoms with Gasteiger partial charge in [-0.25, -0.2) is 13.2 Å². The standard InChI is InChI=1S/C20H25N3O3S3/c1-12(2)10-11-27-19-17-18(21-20(24)23(17)14(4)15(5)28-19)22-29(25,26)16-8-6-13(3)7-9-16/h6-9,12H,10-11H2,1-5H3,(H,21,22,24). The Morgan fingerprint density at radius 3 is 2.45 bits per heavy atom. The van der Waals surface area contributed by atoms with Crippen LogP contribution in [0.3, 0.4) is 0 Å². The second-order valence-electron chi connectivity index (χ2n) is 7.41. The third-order valence-electron chi connectivity index (χ3n) is 4.62. The maximum Gasteiger partial charge on any atom is 0.354 e. The summed E-state index contributed by atoms with van der Waals surface area (Å²) in [7, 11) is -3.85. The molecule has 2 aliphatic rings. The van der Waals surface area contributed by atoms with E-state index < -0.39 is 15.7 Å². The van der Waals surface area contributed by atoms with Crippen molar-refractivity contribution in [2.75, 3.05) is 10.5 Å². The van der Waals surface area contributed by atoms with E-state index in [1.165, 1.54) is 4.57 Å². The first-order valence-electron chi connectivity index (χ1n) is 9.35. The Labute approximate surface area is 179 Å². The van der Waals surface area contributed by atoms with Gasteiger partial charge in [-0.05, 0) is 51.0 Å². The number of benzene rings is 1. The molecule has 1 aromatic rings. The molecule has 0 amide bonds. The molecule has 9 heteroatoms. The Balaban J connectivity index is 2.06. The average molecular weight is 452 g/mol. The fourth-order valence-electron chi connectivity index (χ4n) is 2.78. The Morgan fingerprint density at radius 2 is 1.83 bits per heavy atom. The molecule has 0 bridgehead atoms. The molecule has 0 aromatic heterocycles. The lowest BCUT2D eigenvalue weighted by atomic mass is 10.2. The number of aromatic nitrogens is 2. The van der Waals surface area contributed by atoms with E-state index in [4.69, 9.17) is 0 Å². The summed E-state index contributed by atoms with van der Waals surface area (Å²) in [5.41, 5.74) is 1.81. The first-order valence-corrected chi connectivity index (χ1v) is 12.6. The van der Waals surface area contributed by atoms with Gasteiger partial charge in [0.2, 0.25) is 0 Å². The van der Waals surface area contributed by atoms with Gasteiger partial charge >= 0.3 is 5.69 Å². The highest BCUT2D eigenvalue weighted by molar-refractivity contribution is 8.01. The molecule has 0 saturated heterocycles. The van der Waals surface area contributed by atoms with E-state index in [1.807, 2.05) is 20.8 Å². The number of nitrogens with zero attached hydrogens (tertiary/aromatic N) is 2. The van der Waals surface area contributed by atoms with Crippen LogP contribution in [0.4, 0.5) is 5.82 Å². The van der Waals surface area contributed by atoms with Crippen LogP contribution in [0.15, 0.2) is 38.2 Å². The number of aryl methyl sites for hydroxylation is 2. The largest absolute Gasteiger partial charge is 0.354 e. The summed E-state index contributed by atoms with van der Waals surface area (Å²) >= 11 is 3.20. The van der Waals surface area contributed by atoms with Gasteiger partial charge < -0.3 is 0 Å². The van der Waals surface area contributed by atoms with Gasteiger partial charge in [0.25, 0.3) is 10.0 Å². The lowest BCUT2D eigenvalue weighted by molar-refractivity contribution is 0.601. The van der Waals surface area contributed by atoms with Gasteiger partial charge in [0.1, 0.15) is 5.69 Å². The first kappa shape index (κ1) is 21.9. The van der Waals surface area contributed by atoms with E-state index in [-0.39, 0.29) is 10.7 Å². The minimum absolute atomic E-state index is 0.0852. The summed E-state index contributed by atoms with van der Waals surface area (Å²) in [5.74, 6) is 1.53. The SMILES string of the molecule is Cc1ccc(S(=O)(=O)Nc2nc(=O)n3c(C)c(C)sc(SCCC(C)C)c2-3)cc1. The van der Waals surface area contributed by atoms with Crippen molar-refractivity contribution in [1.82, 2.24) is 9.55 Å². The van der Waals surface area contributed by atoms with Crippen molar-refractivity contribution in [2.45, 2.75) is 50.1 Å². The van der Waals surface area contributed by atoms with Crippen LogP contribution in [-0.2, 0) is 10.0 Å². The number of thioether (sulfide) groups is 1. The van der Waals surface area contributed by atoms with E-state index in [0.29, 0.717) is 11.6 Å². The molecule has 0 aliphatic carbocycles. The fraction of sp³-hybridized carbons (Fsp3) is 0.400. The number of anilines is 1. The van der Waals surface area contributed by atoms with Gasteiger partial charge in [0.05, 0.1) is 9.10 Å². The van der Waals surface area contributed by atoms with E-state index >= 15 is 0 Å². The number of hydrogen-bond acceptors (Lipinski definition) is 6. The van der Waals surface area contributed by atoms with Crippen molar-refractivity contribution >= 4 is 38.9 Å². The lowest BCUT2D eigenvalue weighted by Gasteiger charge is -2.16. The molecular formula is C20H25N3O3S3. The maximum absolute atomic E-state index is 12.9. The van der Waals surface area contributed by atoms with Crippen molar-refractivity contribution in [1.29, 1.82) is 0 Å². The van der Waals surface area contributed by atoms with Crippen LogP contribution >= 0.6 is 23.1 Å². The number of hydrogen-bond donors (Lipinski definition) is 1. The predicted octanol–water partition coefficient (Wildman–Crippen LogP) is 4.60. The molecule has 0 fully saturated rings. The van der Waals surface area contributed by atoms with E-state index in [1.54, 1.807) is 47.4 Å². The number of nitrogens with one attached hydrogen (secondary N) is 1. The van der Waals surface area contributed by atoms with E-state index in [9.17, 15) is 13.2 Å². The van der Waals surface area contributed by atoms with Crippen LogP contribution in [-0.4, -0.2) is 23.7 Å². The molecular weight excluding hydrogens is 426 g/mol. The molecule has 29 heavy (non-hydrogen) atoms. The third kappa shape index (κ3) is 4.67. The monoisotopic (exact) mass is 451 g/mol. The predicted molar refractivity (Wildman–Crippen MR) is 121 cm³/mol. The van der Waals surface area contributed by atoms with Crippen molar-refractivity contribution in [3.05, 3.63) is 50.9 Å². The van der Waals surface area contributed by atoms with Crippen molar-refractivity contribution in [3.8, 4) is 5.69 Å². The minimum atomic E-state index is -3.85. The molecule has 0 atom stereocenters. The molecule has 0 saturated carbocycles. The third-order valence-corrected chi connectivity index (χ3v) is 8.46. The van der Waals surface area contributed by atoms with Gasteiger partial charge in [-0.3, -0.25) is 9.29 Å². The maximum atomic E-state index is 12.9. The van der Waals surface area contributed by atoms with Crippen LogP contribution in [0.5, 0.6) is 0 Å². The van der Waals surface area contributed by atoms with Crippen molar-refractivity contribution in [2.24, 2.45) is 5.92 Å². The van der Waals surface area contributed by atoms with Gasteiger partial charge in [-0.1, -0.05) is 31.5 Å². The van der Waals surface area contributed by atoms with Gasteiger partial charge in [0.15, 0.2) is 5.82 Å². The fourth-order valence-corrected chi connectivity index (χ4v) is 6.55. The molecule has 156 valence electrons. The average Bonchev–Trinajstić information content (AvgIpc) is 2.95. The molecule has 6 nitrogen and oxygen atoms in total. The summed E-state index contributed by atoms with van der Waals surface area (Å²) in [4.78, 5) is 17.8. The number of sulfonamides is 1. The lowest BCUT2D eigenvalue weighted by Crippen LogP contribution is -2.17. The highest BCUT2D eigenvalue weighted by Gasteiger charge is 2.26. The molecule has 1 aromatic carbocycles. The molecule has 0 radical (unpaired) electrons. The Bertz CT molecular complexity index is 1150. The minimum Gasteiger partial charge on any atom is -0.261 e. The molecule has 3 rings (SSSR count). The number of fused-ring (bicyclic) bond motifs is 1. The van der Waals surface area contributed by atoms with Gasteiger partial charge in [0, 0.05) is 10.6 Å². The smallest absolute Gasteiger partial charge is 0.261 e. The zero-order valence-corrected chi connectivity index (χ0v) is 19.6. The Kier molecular flexibility index (Phi) is 6.40. The molecule has 2 aliphatic heterocycles. The van der Waals surface area contributed by atoms with E-state index in [0.717, 1.165) is 32.5 Å². The Hall–Kier alpha value is -1.84. The summed E-state index contributed by atoms with van der Waals surface area (Å²) in [6, 6.07) is 6.57. The summed E-state index contributed by atoms with van der Waals surface area (Å²) in [5, 5.41) is 0. The van der Waals surface area contributed by atoms with Crippen molar-refractivity contribution < 1.29 is 8.42 Å². The normalized spacial score (nSPS) is 12.1. The van der Waals surface area contributed by atoms with E-state index in [2.05, 4.69) is 23.6 Å². The molecule has 0 spiro atoms. The zero-order valence-electron chi connectivity index (χ0n) is 17.1. The van der Waals surface area contributed by atoms with Crippen LogP contribution in [0, 0.1) is 26.7 Å². The number of imidazole rings is 1.